The second-order valence-corrected chi connectivity index (χ2v) is 3.25. The summed E-state index contributed by atoms with van der Waals surface area (Å²) in [7, 11) is 1.55. The second kappa shape index (κ2) is 6.19. The number of ether oxygens (including phenoxy) is 1. The van der Waals surface area contributed by atoms with Crippen molar-refractivity contribution in [1.29, 1.82) is 0 Å². The molecule has 5 heteroatoms. The van der Waals surface area contributed by atoms with Crippen molar-refractivity contribution in [3.63, 3.8) is 0 Å². The van der Waals surface area contributed by atoms with Crippen molar-refractivity contribution < 1.29 is 9.84 Å². The molecule has 0 saturated carbocycles. The van der Waals surface area contributed by atoms with Gasteiger partial charge in [0.25, 0.3) is 0 Å². The highest BCUT2D eigenvalue weighted by Gasteiger charge is 2.03. The molecule has 0 aliphatic heterocycles. The molecule has 1 atom stereocenters. The van der Waals surface area contributed by atoms with Crippen molar-refractivity contribution in [2.24, 2.45) is 0 Å². The van der Waals surface area contributed by atoms with Crippen LogP contribution < -0.4 is 10.1 Å². The number of aliphatic hydroxyl groups is 1. The summed E-state index contributed by atoms with van der Waals surface area (Å²) in [5.41, 5.74) is 0. The Morgan fingerprint density at radius 1 is 1.60 bits per heavy atom. The standard InChI is InChI=1S/C10H17N3O2/c1-3-4-8(14)7-12-10-11-6-5-9(13-10)15-2/h5-6,8,14H,3-4,7H2,1-2H3,(H,11,12,13). The van der Waals surface area contributed by atoms with E-state index in [0.29, 0.717) is 18.4 Å². The van der Waals surface area contributed by atoms with Gasteiger partial charge in [0.1, 0.15) is 0 Å². The summed E-state index contributed by atoms with van der Waals surface area (Å²) in [6.07, 6.45) is 2.99. The minimum atomic E-state index is -0.357. The third-order valence-electron chi connectivity index (χ3n) is 1.96. The van der Waals surface area contributed by atoms with E-state index in [4.69, 9.17) is 4.74 Å². The van der Waals surface area contributed by atoms with E-state index in [-0.39, 0.29) is 6.10 Å². The Labute approximate surface area is 89.5 Å². The topological polar surface area (TPSA) is 67.3 Å². The minimum Gasteiger partial charge on any atom is -0.481 e. The Bertz CT molecular complexity index is 294. The van der Waals surface area contributed by atoms with E-state index < -0.39 is 0 Å². The fourth-order valence-electron chi connectivity index (χ4n) is 1.19. The molecule has 2 N–H and O–H groups in total. The summed E-state index contributed by atoms with van der Waals surface area (Å²) >= 11 is 0. The molecule has 0 aliphatic rings. The van der Waals surface area contributed by atoms with Gasteiger partial charge in [-0.3, -0.25) is 0 Å². The van der Waals surface area contributed by atoms with Crippen LogP contribution in [-0.4, -0.2) is 34.8 Å². The number of hydrogen-bond acceptors (Lipinski definition) is 5. The molecule has 0 fully saturated rings. The average molecular weight is 211 g/mol. The number of nitrogens with one attached hydrogen (secondary N) is 1. The van der Waals surface area contributed by atoms with Gasteiger partial charge in [0.2, 0.25) is 11.8 Å². The van der Waals surface area contributed by atoms with Crippen LogP contribution in [0.15, 0.2) is 12.3 Å². The van der Waals surface area contributed by atoms with Crippen LogP contribution in [0.4, 0.5) is 5.95 Å². The summed E-state index contributed by atoms with van der Waals surface area (Å²) in [5.74, 6) is 0.988. The van der Waals surface area contributed by atoms with Crippen molar-refractivity contribution in [2.75, 3.05) is 19.0 Å². The number of nitrogens with zero attached hydrogens (tertiary/aromatic N) is 2. The summed E-state index contributed by atoms with van der Waals surface area (Å²) in [6, 6.07) is 1.67. The lowest BCUT2D eigenvalue weighted by Gasteiger charge is -2.10. The monoisotopic (exact) mass is 211 g/mol. The molecule has 0 spiro atoms. The third kappa shape index (κ3) is 4.12. The summed E-state index contributed by atoms with van der Waals surface area (Å²) in [4.78, 5) is 8.07. The highest BCUT2D eigenvalue weighted by atomic mass is 16.5. The third-order valence-corrected chi connectivity index (χ3v) is 1.96. The van der Waals surface area contributed by atoms with Gasteiger partial charge in [-0.05, 0) is 6.42 Å². The normalized spacial score (nSPS) is 12.2. The van der Waals surface area contributed by atoms with Crippen LogP contribution in [0.2, 0.25) is 0 Å². The lowest BCUT2D eigenvalue weighted by atomic mass is 10.2. The van der Waals surface area contributed by atoms with Crippen LogP contribution in [0.1, 0.15) is 19.8 Å². The molecule has 15 heavy (non-hydrogen) atoms. The van der Waals surface area contributed by atoms with Gasteiger partial charge in [-0.2, -0.15) is 4.98 Å². The minimum absolute atomic E-state index is 0.357. The first-order valence-electron chi connectivity index (χ1n) is 5.05. The van der Waals surface area contributed by atoms with Crippen molar-refractivity contribution in [3.8, 4) is 5.88 Å². The van der Waals surface area contributed by atoms with E-state index in [1.54, 1.807) is 19.4 Å². The lowest BCUT2D eigenvalue weighted by molar-refractivity contribution is 0.176. The van der Waals surface area contributed by atoms with E-state index >= 15 is 0 Å². The molecule has 0 aromatic carbocycles. The highest BCUT2D eigenvalue weighted by molar-refractivity contribution is 5.27. The number of hydrogen-bond donors (Lipinski definition) is 2. The zero-order chi connectivity index (χ0) is 11.1. The van der Waals surface area contributed by atoms with Crippen molar-refractivity contribution >= 4 is 5.95 Å². The molecule has 0 radical (unpaired) electrons. The number of anilines is 1. The average Bonchev–Trinajstić information content (AvgIpc) is 2.27. The number of aromatic nitrogens is 2. The first kappa shape index (κ1) is 11.7. The van der Waals surface area contributed by atoms with E-state index in [1.807, 2.05) is 6.92 Å². The van der Waals surface area contributed by atoms with E-state index in [0.717, 1.165) is 12.8 Å². The Morgan fingerprint density at radius 2 is 2.40 bits per heavy atom. The first-order chi connectivity index (χ1) is 7.26. The van der Waals surface area contributed by atoms with Crippen molar-refractivity contribution in [3.05, 3.63) is 12.3 Å². The Hall–Kier alpha value is -1.36. The van der Waals surface area contributed by atoms with Gasteiger partial charge >= 0.3 is 0 Å². The fraction of sp³-hybridized carbons (Fsp3) is 0.600. The van der Waals surface area contributed by atoms with Crippen LogP contribution >= 0.6 is 0 Å². The molecule has 1 unspecified atom stereocenters. The van der Waals surface area contributed by atoms with Crippen LogP contribution in [-0.2, 0) is 0 Å². The Morgan fingerprint density at radius 3 is 3.07 bits per heavy atom. The van der Waals surface area contributed by atoms with Gasteiger partial charge in [0.15, 0.2) is 0 Å². The summed E-state index contributed by atoms with van der Waals surface area (Å²) < 4.78 is 4.96. The van der Waals surface area contributed by atoms with Crippen LogP contribution in [0.3, 0.4) is 0 Å². The predicted molar refractivity (Wildman–Crippen MR) is 58.0 cm³/mol. The van der Waals surface area contributed by atoms with Crippen LogP contribution in [0.25, 0.3) is 0 Å². The highest BCUT2D eigenvalue weighted by Crippen LogP contribution is 2.07. The van der Waals surface area contributed by atoms with Gasteiger partial charge in [-0.1, -0.05) is 13.3 Å². The van der Waals surface area contributed by atoms with Gasteiger partial charge in [-0.25, -0.2) is 4.98 Å². The maximum atomic E-state index is 9.49. The molecule has 1 aromatic heterocycles. The molecule has 0 bridgehead atoms. The Balaban J connectivity index is 2.43. The van der Waals surface area contributed by atoms with E-state index in [1.165, 1.54) is 0 Å². The zero-order valence-electron chi connectivity index (χ0n) is 9.10. The van der Waals surface area contributed by atoms with Gasteiger partial charge in [0.05, 0.1) is 13.2 Å². The Kier molecular flexibility index (Phi) is 4.83. The summed E-state index contributed by atoms with van der Waals surface area (Å²) in [5, 5.41) is 12.4. The van der Waals surface area contributed by atoms with E-state index in [9.17, 15) is 5.11 Å². The molecule has 84 valence electrons. The molecule has 1 heterocycles. The number of rotatable bonds is 6. The molecular weight excluding hydrogens is 194 g/mol. The number of methoxy groups -OCH3 is 1. The molecule has 0 saturated heterocycles. The second-order valence-electron chi connectivity index (χ2n) is 3.25. The maximum absolute atomic E-state index is 9.49. The molecule has 0 aliphatic carbocycles. The van der Waals surface area contributed by atoms with E-state index in [2.05, 4.69) is 15.3 Å². The lowest BCUT2D eigenvalue weighted by Crippen LogP contribution is -2.20. The zero-order valence-corrected chi connectivity index (χ0v) is 9.10. The van der Waals surface area contributed by atoms with Crippen LogP contribution in [0, 0.1) is 0 Å². The summed E-state index contributed by atoms with van der Waals surface area (Å²) in [6.45, 7) is 2.49. The van der Waals surface area contributed by atoms with Crippen LogP contribution in [0.5, 0.6) is 5.88 Å². The molecule has 1 rings (SSSR count). The number of aliphatic hydroxyl groups excluding tert-OH is 1. The predicted octanol–water partition coefficient (Wildman–Crippen LogP) is 1.06. The van der Waals surface area contributed by atoms with Gasteiger partial charge in [-0.15, -0.1) is 0 Å². The first-order valence-corrected chi connectivity index (χ1v) is 5.05. The molecule has 1 aromatic rings. The molecular formula is C10H17N3O2. The molecule has 5 nitrogen and oxygen atoms in total. The largest absolute Gasteiger partial charge is 0.481 e. The smallest absolute Gasteiger partial charge is 0.226 e. The van der Waals surface area contributed by atoms with Gasteiger partial charge < -0.3 is 15.2 Å². The SMILES string of the molecule is CCCC(O)CNc1nccc(OC)n1. The van der Waals surface area contributed by atoms with Crippen molar-refractivity contribution in [1.82, 2.24) is 9.97 Å². The molecule has 0 amide bonds. The quantitative estimate of drug-likeness (QED) is 0.736. The van der Waals surface area contributed by atoms with Gasteiger partial charge in [0, 0.05) is 18.8 Å². The van der Waals surface area contributed by atoms with Crippen molar-refractivity contribution in [2.45, 2.75) is 25.9 Å². The maximum Gasteiger partial charge on any atom is 0.226 e. The fourth-order valence-corrected chi connectivity index (χ4v) is 1.19.